The molecule has 0 bridgehead atoms. The predicted octanol–water partition coefficient (Wildman–Crippen LogP) is 3.29. The highest BCUT2D eigenvalue weighted by molar-refractivity contribution is 7.97. The number of aldehydes is 1. The van der Waals surface area contributed by atoms with Crippen LogP contribution in [0.4, 0.5) is 0 Å². The highest BCUT2D eigenvalue weighted by atomic mass is 32.2. The van der Waals surface area contributed by atoms with Crippen LogP contribution in [-0.4, -0.2) is 30.7 Å². The van der Waals surface area contributed by atoms with E-state index in [2.05, 4.69) is 0 Å². The first kappa shape index (κ1) is 15.1. The molecule has 0 saturated carbocycles. The lowest BCUT2D eigenvalue weighted by atomic mass is 10.1. The Hall–Kier alpha value is -2.27. The predicted molar refractivity (Wildman–Crippen MR) is 82.8 cm³/mol. The summed E-state index contributed by atoms with van der Waals surface area (Å²) in [6, 6.07) is 14.2. The number of carbonyl (C=O) groups is 2. The van der Waals surface area contributed by atoms with Gasteiger partial charge in [0.25, 0.3) is 5.91 Å². The SMILES string of the molecule is COc1ccc(SN(C)C(=O)c2ccccc2C=O)cc1. The molecule has 0 aliphatic carbocycles. The summed E-state index contributed by atoms with van der Waals surface area (Å²) in [6.45, 7) is 0. The van der Waals surface area contributed by atoms with Crippen LogP contribution < -0.4 is 4.74 Å². The number of hydrogen-bond acceptors (Lipinski definition) is 4. The molecule has 0 atom stereocenters. The first-order valence-electron chi connectivity index (χ1n) is 6.30. The van der Waals surface area contributed by atoms with Gasteiger partial charge in [0.05, 0.1) is 12.7 Å². The maximum atomic E-state index is 12.4. The molecule has 2 aromatic carbocycles. The molecule has 1 amide bonds. The number of rotatable bonds is 5. The molecule has 2 rings (SSSR count). The van der Waals surface area contributed by atoms with E-state index in [-0.39, 0.29) is 5.91 Å². The summed E-state index contributed by atoms with van der Waals surface area (Å²) < 4.78 is 6.60. The average molecular weight is 301 g/mol. The normalized spacial score (nSPS) is 10.0. The third kappa shape index (κ3) is 3.64. The van der Waals surface area contributed by atoms with Crippen molar-refractivity contribution < 1.29 is 14.3 Å². The van der Waals surface area contributed by atoms with E-state index >= 15 is 0 Å². The minimum absolute atomic E-state index is 0.210. The number of hydrogen-bond donors (Lipinski definition) is 0. The quantitative estimate of drug-likeness (QED) is 0.628. The molecular formula is C16H15NO3S. The van der Waals surface area contributed by atoms with E-state index in [0.717, 1.165) is 10.6 Å². The Morgan fingerprint density at radius 2 is 1.81 bits per heavy atom. The number of carbonyl (C=O) groups excluding carboxylic acids is 2. The molecule has 0 unspecified atom stereocenters. The lowest BCUT2D eigenvalue weighted by Crippen LogP contribution is -2.20. The number of nitrogens with zero attached hydrogens (tertiary/aromatic N) is 1. The van der Waals surface area contributed by atoms with Crippen LogP contribution in [0.2, 0.25) is 0 Å². The van der Waals surface area contributed by atoms with E-state index in [4.69, 9.17) is 4.74 Å². The van der Waals surface area contributed by atoms with Crippen LogP contribution >= 0.6 is 11.9 Å². The summed E-state index contributed by atoms with van der Waals surface area (Å²) in [7, 11) is 3.28. The van der Waals surface area contributed by atoms with E-state index in [1.54, 1.807) is 38.4 Å². The third-order valence-corrected chi connectivity index (χ3v) is 3.83. The van der Waals surface area contributed by atoms with Crippen LogP contribution in [-0.2, 0) is 0 Å². The van der Waals surface area contributed by atoms with Crippen molar-refractivity contribution in [2.45, 2.75) is 4.90 Å². The fourth-order valence-electron chi connectivity index (χ4n) is 1.80. The number of methoxy groups -OCH3 is 1. The van der Waals surface area contributed by atoms with Gasteiger partial charge in [0.1, 0.15) is 5.75 Å². The second-order valence-corrected chi connectivity index (χ2v) is 5.48. The van der Waals surface area contributed by atoms with Crippen molar-refractivity contribution in [2.24, 2.45) is 0 Å². The van der Waals surface area contributed by atoms with E-state index in [0.29, 0.717) is 17.4 Å². The Bertz CT molecular complexity index is 640. The van der Waals surface area contributed by atoms with Gasteiger partial charge in [-0.25, -0.2) is 0 Å². The second kappa shape index (κ2) is 6.95. The van der Waals surface area contributed by atoms with E-state index in [1.807, 2.05) is 24.3 Å². The van der Waals surface area contributed by atoms with Crippen LogP contribution in [0.25, 0.3) is 0 Å². The Kier molecular flexibility index (Phi) is 5.00. The molecule has 0 aliphatic rings. The van der Waals surface area contributed by atoms with Crippen molar-refractivity contribution in [1.82, 2.24) is 4.31 Å². The average Bonchev–Trinajstić information content (AvgIpc) is 2.54. The lowest BCUT2D eigenvalue weighted by Gasteiger charge is -2.16. The van der Waals surface area contributed by atoms with Crippen LogP contribution in [0, 0.1) is 0 Å². The Morgan fingerprint density at radius 3 is 2.43 bits per heavy atom. The summed E-state index contributed by atoms with van der Waals surface area (Å²) >= 11 is 1.30. The van der Waals surface area contributed by atoms with Crippen LogP contribution in [0.15, 0.2) is 53.4 Å². The fraction of sp³-hybridized carbons (Fsp3) is 0.125. The molecule has 0 heterocycles. The molecule has 108 valence electrons. The van der Waals surface area contributed by atoms with Crippen LogP contribution in [0.5, 0.6) is 5.75 Å². The van der Waals surface area contributed by atoms with Crippen molar-refractivity contribution in [2.75, 3.05) is 14.2 Å². The summed E-state index contributed by atoms with van der Waals surface area (Å²) in [5.74, 6) is 0.554. The second-order valence-electron chi connectivity index (χ2n) is 4.27. The summed E-state index contributed by atoms with van der Waals surface area (Å²) in [5, 5.41) is 0. The fourth-order valence-corrected chi connectivity index (χ4v) is 2.56. The molecule has 4 nitrogen and oxygen atoms in total. The molecule has 0 aromatic heterocycles. The molecule has 5 heteroatoms. The van der Waals surface area contributed by atoms with Crippen molar-refractivity contribution in [3.8, 4) is 5.75 Å². The van der Waals surface area contributed by atoms with Gasteiger partial charge >= 0.3 is 0 Å². The van der Waals surface area contributed by atoms with Crippen molar-refractivity contribution >= 4 is 24.1 Å². The zero-order valence-electron chi connectivity index (χ0n) is 11.8. The van der Waals surface area contributed by atoms with E-state index < -0.39 is 0 Å². The van der Waals surface area contributed by atoms with Gasteiger partial charge in [-0.2, -0.15) is 0 Å². The summed E-state index contributed by atoms with van der Waals surface area (Å²) in [4.78, 5) is 24.3. The minimum Gasteiger partial charge on any atom is -0.497 e. The number of amides is 1. The van der Waals surface area contributed by atoms with Gasteiger partial charge in [-0.1, -0.05) is 18.2 Å². The van der Waals surface area contributed by atoms with Crippen LogP contribution in [0.1, 0.15) is 20.7 Å². The minimum atomic E-state index is -0.210. The summed E-state index contributed by atoms with van der Waals surface area (Å²) in [5.41, 5.74) is 0.792. The topological polar surface area (TPSA) is 46.6 Å². The van der Waals surface area contributed by atoms with E-state index in [1.165, 1.54) is 16.3 Å². The standard InChI is InChI=1S/C16H15NO3S/c1-17(21-14-9-7-13(20-2)8-10-14)16(19)15-6-4-3-5-12(15)11-18/h3-11H,1-2H3. The molecule has 0 aliphatic heterocycles. The zero-order valence-corrected chi connectivity index (χ0v) is 12.6. The molecule has 21 heavy (non-hydrogen) atoms. The van der Waals surface area contributed by atoms with Gasteiger partial charge in [0.2, 0.25) is 0 Å². The van der Waals surface area contributed by atoms with Gasteiger partial charge in [0, 0.05) is 17.5 Å². The Balaban J connectivity index is 2.13. The highest BCUT2D eigenvalue weighted by Crippen LogP contribution is 2.25. The number of ether oxygens (including phenoxy) is 1. The molecule has 0 spiro atoms. The van der Waals surface area contributed by atoms with Crippen molar-refractivity contribution in [1.29, 1.82) is 0 Å². The molecule has 0 radical (unpaired) electrons. The smallest absolute Gasteiger partial charge is 0.264 e. The van der Waals surface area contributed by atoms with Gasteiger partial charge in [-0.3, -0.25) is 13.9 Å². The van der Waals surface area contributed by atoms with Crippen LogP contribution in [0.3, 0.4) is 0 Å². The van der Waals surface area contributed by atoms with Gasteiger partial charge in [-0.15, -0.1) is 0 Å². The molecule has 2 aromatic rings. The third-order valence-electron chi connectivity index (χ3n) is 2.91. The van der Waals surface area contributed by atoms with Crippen molar-refractivity contribution in [3.63, 3.8) is 0 Å². The van der Waals surface area contributed by atoms with E-state index in [9.17, 15) is 9.59 Å². The Labute approximate surface area is 127 Å². The maximum Gasteiger partial charge on any atom is 0.264 e. The van der Waals surface area contributed by atoms with Gasteiger partial charge < -0.3 is 4.74 Å². The zero-order chi connectivity index (χ0) is 15.2. The molecular weight excluding hydrogens is 286 g/mol. The lowest BCUT2D eigenvalue weighted by molar-refractivity contribution is 0.0887. The van der Waals surface area contributed by atoms with Crippen molar-refractivity contribution in [3.05, 3.63) is 59.7 Å². The largest absolute Gasteiger partial charge is 0.497 e. The van der Waals surface area contributed by atoms with Gasteiger partial charge in [-0.05, 0) is 42.3 Å². The summed E-state index contributed by atoms with van der Waals surface area (Å²) in [6.07, 6.45) is 0.694. The monoisotopic (exact) mass is 301 g/mol. The first-order chi connectivity index (χ1) is 10.2. The molecule has 0 fully saturated rings. The molecule has 0 N–H and O–H groups in total. The number of benzene rings is 2. The first-order valence-corrected chi connectivity index (χ1v) is 7.07. The molecule has 0 saturated heterocycles. The highest BCUT2D eigenvalue weighted by Gasteiger charge is 2.16. The van der Waals surface area contributed by atoms with Gasteiger partial charge in [0.15, 0.2) is 6.29 Å². The maximum absolute atomic E-state index is 12.4. The Morgan fingerprint density at radius 1 is 1.14 bits per heavy atom.